The molecule has 13 heavy (non-hydrogen) atoms. The van der Waals surface area contributed by atoms with Crippen molar-refractivity contribution in [3.63, 3.8) is 0 Å². The van der Waals surface area contributed by atoms with E-state index in [0.717, 1.165) is 0 Å². The number of hydrogen-bond donors (Lipinski definition) is 1. The summed E-state index contributed by atoms with van der Waals surface area (Å²) >= 11 is 1.76. The van der Waals surface area contributed by atoms with E-state index < -0.39 is 5.97 Å². The van der Waals surface area contributed by atoms with Crippen molar-refractivity contribution in [3.8, 4) is 0 Å². The lowest BCUT2D eigenvalue weighted by molar-refractivity contribution is -0.132. The summed E-state index contributed by atoms with van der Waals surface area (Å²) in [7, 11) is 0. The molecule has 1 N–H and O–H groups in total. The van der Waals surface area contributed by atoms with Crippen LogP contribution >= 0.6 is 11.8 Å². The van der Waals surface area contributed by atoms with Crippen LogP contribution in [0.25, 0.3) is 0 Å². The first-order valence-electron chi connectivity index (χ1n) is 4.32. The molecular weight excluding hydrogens is 184 g/mol. The molecule has 0 aromatic heterocycles. The molecule has 0 spiro atoms. The van der Waals surface area contributed by atoms with E-state index in [2.05, 4.69) is 20.8 Å². The van der Waals surface area contributed by atoms with Crippen LogP contribution < -0.4 is 0 Å². The molecule has 0 radical (unpaired) electrons. The van der Waals surface area contributed by atoms with Gasteiger partial charge in [-0.3, -0.25) is 0 Å². The van der Waals surface area contributed by atoms with Crippen LogP contribution in [0.4, 0.5) is 0 Å². The molecular formula is C10H18O2S. The van der Waals surface area contributed by atoms with Gasteiger partial charge in [-0.2, -0.15) is 0 Å². The van der Waals surface area contributed by atoms with Gasteiger partial charge in [-0.1, -0.05) is 26.8 Å². The molecule has 0 aliphatic rings. The monoisotopic (exact) mass is 202 g/mol. The average Bonchev–Trinajstić information content (AvgIpc) is 1.81. The zero-order valence-corrected chi connectivity index (χ0v) is 9.73. The van der Waals surface area contributed by atoms with Gasteiger partial charge in [0.25, 0.3) is 0 Å². The van der Waals surface area contributed by atoms with Crippen molar-refractivity contribution in [2.24, 2.45) is 0 Å². The van der Waals surface area contributed by atoms with Gasteiger partial charge >= 0.3 is 5.97 Å². The summed E-state index contributed by atoms with van der Waals surface area (Å²) in [5.74, 6) is -0.832. The number of carbonyl (C=O) groups is 1. The third-order valence-corrected chi connectivity index (χ3v) is 2.58. The highest BCUT2D eigenvalue weighted by Gasteiger charge is 2.14. The number of thioether (sulfide) groups is 1. The van der Waals surface area contributed by atoms with E-state index in [9.17, 15) is 4.79 Å². The summed E-state index contributed by atoms with van der Waals surface area (Å²) in [5, 5.41) is 8.90. The number of hydrogen-bond acceptors (Lipinski definition) is 2. The number of carboxylic acids is 1. The molecule has 0 amide bonds. The molecule has 0 bridgehead atoms. The van der Waals surface area contributed by atoms with Gasteiger partial charge in [0, 0.05) is 15.6 Å². The van der Waals surface area contributed by atoms with Gasteiger partial charge in [0.1, 0.15) is 0 Å². The van der Waals surface area contributed by atoms with Crippen molar-refractivity contribution in [1.29, 1.82) is 0 Å². The highest BCUT2D eigenvalue weighted by Crippen LogP contribution is 2.28. The molecule has 0 aromatic rings. The topological polar surface area (TPSA) is 37.3 Å². The molecule has 0 aliphatic heterocycles. The zero-order valence-electron chi connectivity index (χ0n) is 8.92. The smallest absolute Gasteiger partial charge is 0.330 e. The van der Waals surface area contributed by atoms with Gasteiger partial charge < -0.3 is 5.11 Å². The first-order chi connectivity index (χ1) is 5.72. The molecule has 0 aromatic carbocycles. The normalized spacial score (nSPS) is 15.6. The van der Waals surface area contributed by atoms with Crippen LogP contribution in [0.5, 0.6) is 0 Å². The molecule has 3 heteroatoms. The molecule has 2 nitrogen and oxygen atoms in total. The Morgan fingerprint density at radius 1 is 1.46 bits per heavy atom. The van der Waals surface area contributed by atoms with Crippen LogP contribution in [0.3, 0.4) is 0 Å². The lowest BCUT2D eigenvalue weighted by Crippen LogP contribution is -2.13. The van der Waals surface area contributed by atoms with Crippen LogP contribution in [-0.4, -0.2) is 21.1 Å². The van der Waals surface area contributed by atoms with Crippen molar-refractivity contribution < 1.29 is 9.90 Å². The SMILES string of the molecule is C/C(=C\C(C)SC(C)(C)C)C(=O)O. The van der Waals surface area contributed by atoms with Crippen molar-refractivity contribution in [2.45, 2.75) is 44.6 Å². The third kappa shape index (κ3) is 6.70. The maximum Gasteiger partial charge on any atom is 0.330 e. The predicted molar refractivity (Wildman–Crippen MR) is 58.2 cm³/mol. The molecule has 0 aliphatic carbocycles. The summed E-state index contributed by atoms with van der Waals surface area (Å²) in [5.41, 5.74) is 0.421. The molecule has 0 fully saturated rings. The minimum Gasteiger partial charge on any atom is -0.478 e. The molecule has 0 saturated heterocycles. The lowest BCUT2D eigenvalue weighted by atomic mass is 10.2. The van der Waals surface area contributed by atoms with E-state index in [0.29, 0.717) is 5.57 Å². The summed E-state index contributed by atoms with van der Waals surface area (Å²) in [6.07, 6.45) is 1.79. The van der Waals surface area contributed by atoms with E-state index in [-0.39, 0.29) is 10.00 Å². The molecule has 1 unspecified atom stereocenters. The Kier molecular flexibility index (Phi) is 4.54. The van der Waals surface area contributed by atoms with Crippen molar-refractivity contribution in [1.82, 2.24) is 0 Å². The first-order valence-corrected chi connectivity index (χ1v) is 5.20. The molecule has 1 atom stereocenters. The highest BCUT2D eigenvalue weighted by molar-refractivity contribution is 8.01. The Bertz CT molecular complexity index is 213. The predicted octanol–water partition coefficient (Wildman–Crippen LogP) is 2.94. The van der Waals surface area contributed by atoms with Gasteiger partial charge in [-0.25, -0.2) is 4.79 Å². The zero-order chi connectivity index (χ0) is 10.6. The van der Waals surface area contributed by atoms with Crippen LogP contribution in [0, 0.1) is 0 Å². The fourth-order valence-corrected chi connectivity index (χ4v) is 2.40. The minimum atomic E-state index is -0.832. The Hall–Kier alpha value is -0.440. The van der Waals surface area contributed by atoms with Crippen molar-refractivity contribution >= 4 is 17.7 Å². The van der Waals surface area contributed by atoms with Gasteiger partial charge in [0.15, 0.2) is 0 Å². The second-order valence-corrected chi connectivity index (χ2v) is 6.29. The molecule has 0 heterocycles. The van der Waals surface area contributed by atoms with Gasteiger partial charge in [-0.05, 0) is 13.8 Å². The standard InChI is InChI=1S/C10H18O2S/c1-7(9(11)12)6-8(2)13-10(3,4)5/h6,8H,1-5H3,(H,11,12)/b7-6+. The summed E-state index contributed by atoms with van der Waals surface area (Å²) in [6, 6.07) is 0. The fourth-order valence-electron chi connectivity index (χ4n) is 1.02. The Morgan fingerprint density at radius 3 is 2.23 bits per heavy atom. The second-order valence-electron chi connectivity index (χ2n) is 4.09. The highest BCUT2D eigenvalue weighted by atomic mass is 32.2. The Labute approximate surface area is 84.4 Å². The molecule has 0 saturated carbocycles. The van der Waals surface area contributed by atoms with Crippen LogP contribution in [0.2, 0.25) is 0 Å². The van der Waals surface area contributed by atoms with Gasteiger partial charge in [0.2, 0.25) is 0 Å². The molecule has 76 valence electrons. The van der Waals surface area contributed by atoms with Crippen LogP contribution in [0.15, 0.2) is 11.6 Å². The summed E-state index contributed by atoms with van der Waals surface area (Å²) in [6.45, 7) is 10.0. The van der Waals surface area contributed by atoms with E-state index in [1.54, 1.807) is 24.8 Å². The average molecular weight is 202 g/mol. The Balaban J connectivity index is 4.23. The summed E-state index contributed by atoms with van der Waals surface area (Å²) in [4.78, 5) is 10.5. The van der Waals surface area contributed by atoms with E-state index in [1.807, 2.05) is 6.92 Å². The number of carboxylic acid groups (broad SMARTS) is 1. The lowest BCUT2D eigenvalue weighted by Gasteiger charge is -2.21. The van der Waals surface area contributed by atoms with Crippen LogP contribution in [-0.2, 0) is 4.79 Å². The maximum absolute atomic E-state index is 10.5. The van der Waals surface area contributed by atoms with Crippen LogP contribution in [0.1, 0.15) is 34.6 Å². The maximum atomic E-state index is 10.5. The van der Waals surface area contributed by atoms with Gasteiger partial charge in [-0.15, -0.1) is 11.8 Å². The summed E-state index contributed by atoms with van der Waals surface area (Å²) < 4.78 is 0.175. The minimum absolute atomic E-state index is 0.175. The number of aliphatic carboxylic acids is 1. The third-order valence-electron chi connectivity index (χ3n) is 1.36. The second kappa shape index (κ2) is 4.70. The fraction of sp³-hybridized carbons (Fsp3) is 0.700. The van der Waals surface area contributed by atoms with Gasteiger partial charge in [0.05, 0.1) is 0 Å². The van der Waals surface area contributed by atoms with E-state index in [1.165, 1.54) is 0 Å². The Morgan fingerprint density at radius 2 is 1.92 bits per heavy atom. The van der Waals surface area contributed by atoms with Crippen molar-refractivity contribution in [2.75, 3.05) is 0 Å². The van der Waals surface area contributed by atoms with E-state index in [4.69, 9.17) is 5.11 Å². The quantitative estimate of drug-likeness (QED) is 0.715. The number of rotatable bonds is 3. The van der Waals surface area contributed by atoms with Crippen molar-refractivity contribution in [3.05, 3.63) is 11.6 Å². The molecule has 0 rings (SSSR count). The largest absolute Gasteiger partial charge is 0.478 e. The first kappa shape index (κ1) is 12.6. The van der Waals surface area contributed by atoms with E-state index >= 15 is 0 Å².